The molecule has 0 fully saturated rings. The Kier molecular flexibility index (Phi) is 7.45. The van der Waals surface area contributed by atoms with Crippen molar-refractivity contribution in [2.24, 2.45) is 17.1 Å². The van der Waals surface area contributed by atoms with E-state index in [1.54, 1.807) is 0 Å². The zero-order valence-electron chi connectivity index (χ0n) is 10.7. The zero-order valence-corrected chi connectivity index (χ0v) is 11.5. The van der Waals surface area contributed by atoms with Gasteiger partial charge in [-0.15, -0.1) is 0 Å². The molecule has 1 atom stereocenters. The Hall–Kier alpha value is 0.110. The Morgan fingerprint density at radius 1 is 1.27 bits per heavy atom. The fraction of sp³-hybridized carbons (Fsp3) is 1.00. The van der Waals surface area contributed by atoms with Crippen LogP contribution < -0.4 is 5.73 Å². The van der Waals surface area contributed by atoms with Crippen molar-refractivity contribution < 1.29 is 4.21 Å². The minimum Gasteiger partial charge on any atom is -0.330 e. The molecule has 0 bridgehead atoms. The molecule has 0 aliphatic rings. The summed E-state index contributed by atoms with van der Waals surface area (Å²) in [4.78, 5) is 0. The second-order valence-corrected chi connectivity index (χ2v) is 7.15. The van der Waals surface area contributed by atoms with Crippen LogP contribution in [0.5, 0.6) is 0 Å². The lowest BCUT2D eigenvalue weighted by Crippen LogP contribution is -2.23. The van der Waals surface area contributed by atoms with Gasteiger partial charge in [-0.1, -0.05) is 34.1 Å². The largest absolute Gasteiger partial charge is 0.330 e. The minimum atomic E-state index is -0.612. The molecule has 0 amide bonds. The first-order valence-corrected chi connectivity index (χ1v) is 7.41. The Labute approximate surface area is 97.5 Å². The molecule has 0 aliphatic carbocycles. The van der Waals surface area contributed by atoms with Crippen molar-refractivity contribution in [2.75, 3.05) is 18.1 Å². The molecule has 1 unspecified atom stereocenters. The Bertz CT molecular complexity index is 190. The highest BCUT2D eigenvalue weighted by atomic mass is 32.2. The van der Waals surface area contributed by atoms with E-state index in [1.807, 2.05) is 0 Å². The standard InChI is InChI=1S/C12H27NOS/c1-11(2)9-15(14)8-6-5-7-12(3,4)10-13/h11H,5-10,13H2,1-4H3. The molecule has 0 rings (SSSR count). The van der Waals surface area contributed by atoms with E-state index in [0.717, 1.165) is 37.3 Å². The molecule has 0 spiro atoms. The summed E-state index contributed by atoms with van der Waals surface area (Å²) in [5.41, 5.74) is 5.90. The van der Waals surface area contributed by atoms with E-state index in [9.17, 15) is 4.21 Å². The summed E-state index contributed by atoms with van der Waals surface area (Å²) < 4.78 is 11.5. The molecule has 0 aliphatic heterocycles. The summed E-state index contributed by atoms with van der Waals surface area (Å²) in [6.07, 6.45) is 3.36. The molecule has 3 heteroatoms. The van der Waals surface area contributed by atoms with Gasteiger partial charge in [0.1, 0.15) is 0 Å². The highest BCUT2D eigenvalue weighted by molar-refractivity contribution is 7.84. The number of rotatable bonds is 8. The summed E-state index contributed by atoms with van der Waals surface area (Å²) >= 11 is 0. The smallest absolute Gasteiger partial charge is 0.0257 e. The van der Waals surface area contributed by atoms with E-state index in [4.69, 9.17) is 5.73 Å². The van der Waals surface area contributed by atoms with Crippen LogP contribution in [-0.4, -0.2) is 22.3 Å². The van der Waals surface area contributed by atoms with Crippen LogP contribution in [-0.2, 0) is 10.8 Å². The fourth-order valence-electron chi connectivity index (χ4n) is 1.42. The monoisotopic (exact) mass is 233 g/mol. The van der Waals surface area contributed by atoms with E-state index in [1.165, 1.54) is 0 Å². The van der Waals surface area contributed by atoms with Gasteiger partial charge in [0.15, 0.2) is 0 Å². The van der Waals surface area contributed by atoms with Crippen molar-refractivity contribution in [3.8, 4) is 0 Å². The molecule has 92 valence electrons. The topological polar surface area (TPSA) is 43.1 Å². The van der Waals surface area contributed by atoms with Gasteiger partial charge in [0.25, 0.3) is 0 Å². The SMILES string of the molecule is CC(C)CS(=O)CCCCC(C)(C)CN. The van der Waals surface area contributed by atoms with Crippen LogP contribution in [0.3, 0.4) is 0 Å². The zero-order chi connectivity index (χ0) is 11.9. The van der Waals surface area contributed by atoms with Gasteiger partial charge in [0.05, 0.1) is 0 Å². The van der Waals surface area contributed by atoms with Crippen molar-refractivity contribution in [2.45, 2.75) is 47.0 Å². The third-order valence-corrected chi connectivity index (χ3v) is 4.33. The van der Waals surface area contributed by atoms with Gasteiger partial charge in [0, 0.05) is 22.3 Å². The summed E-state index contributed by atoms with van der Waals surface area (Å²) in [7, 11) is -0.612. The van der Waals surface area contributed by atoms with Gasteiger partial charge in [-0.05, 0) is 30.7 Å². The quantitative estimate of drug-likeness (QED) is 0.655. The van der Waals surface area contributed by atoms with Crippen LogP contribution in [0.2, 0.25) is 0 Å². The molecule has 0 aromatic heterocycles. The third-order valence-electron chi connectivity index (χ3n) is 2.55. The predicted molar refractivity (Wildman–Crippen MR) is 69.4 cm³/mol. The van der Waals surface area contributed by atoms with Crippen molar-refractivity contribution in [3.05, 3.63) is 0 Å². The van der Waals surface area contributed by atoms with Gasteiger partial charge in [-0.2, -0.15) is 0 Å². The second kappa shape index (κ2) is 7.39. The highest BCUT2D eigenvalue weighted by Gasteiger charge is 2.14. The molecule has 0 heterocycles. The van der Waals surface area contributed by atoms with Gasteiger partial charge in [-0.3, -0.25) is 4.21 Å². The van der Waals surface area contributed by atoms with Gasteiger partial charge >= 0.3 is 0 Å². The number of hydrogen-bond donors (Lipinski definition) is 1. The summed E-state index contributed by atoms with van der Waals surface area (Å²) in [5, 5.41) is 0. The lowest BCUT2D eigenvalue weighted by Gasteiger charge is -2.21. The lowest BCUT2D eigenvalue weighted by atomic mass is 9.88. The number of nitrogens with two attached hydrogens (primary N) is 1. The van der Waals surface area contributed by atoms with E-state index in [0.29, 0.717) is 5.92 Å². The third kappa shape index (κ3) is 9.06. The first-order chi connectivity index (χ1) is 6.87. The van der Waals surface area contributed by atoms with Gasteiger partial charge < -0.3 is 5.73 Å². The average molecular weight is 233 g/mol. The first kappa shape index (κ1) is 15.1. The van der Waals surface area contributed by atoms with Crippen molar-refractivity contribution in [3.63, 3.8) is 0 Å². The molecular formula is C12H27NOS. The number of hydrogen-bond acceptors (Lipinski definition) is 2. The minimum absolute atomic E-state index is 0.250. The first-order valence-electron chi connectivity index (χ1n) is 5.92. The molecule has 15 heavy (non-hydrogen) atoms. The summed E-state index contributed by atoms with van der Waals surface area (Å²) in [6, 6.07) is 0. The van der Waals surface area contributed by atoms with Crippen LogP contribution in [0.15, 0.2) is 0 Å². The summed E-state index contributed by atoms with van der Waals surface area (Å²) in [5.74, 6) is 2.25. The lowest BCUT2D eigenvalue weighted by molar-refractivity contribution is 0.336. The highest BCUT2D eigenvalue weighted by Crippen LogP contribution is 2.21. The fourth-order valence-corrected chi connectivity index (χ4v) is 2.86. The molecule has 0 aromatic carbocycles. The van der Waals surface area contributed by atoms with E-state index in [-0.39, 0.29) is 5.41 Å². The molecule has 0 saturated carbocycles. The molecule has 0 saturated heterocycles. The Balaban J connectivity index is 3.50. The van der Waals surface area contributed by atoms with Crippen LogP contribution in [0.25, 0.3) is 0 Å². The molecule has 0 radical (unpaired) electrons. The average Bonchev–Trinajstić information content (AvgIpc) is 2.11. The van der Waals surface area contributed by atoms with Gasteiger partial charge in [-0.25, -0.2) is 0 Å². The normalized spacial score (nSPS) is 14.5. The number of unbranched alkanes of at least 4 members (excludes halogenated alkanes) is 1. The maximum absolute atomic E-state index is 11.5. The van der Waals surface area contributed by atoms with Crippen LogP contribution >= 0.6 is 0 Å². The molecular weight excluding hydrogens is 206 g/mol. The van der Waals surface area contributed by atoms with Crippen LogP contribution in [0, 0.1) is 11.3 Å². The van der Waals surface area contributed by atoms with E-state index in [2.05, 4.69) is 27.7 Å². The molecule has 2 N–H and O–H groups in total. The second-order valence-electron chi connectivity index (χ2n) is 5.53. The Morgan fingerprint density at radius 3 is 2.33 bits per heavy atom. The summed E-state index contributed by atoms with van der Waals surface area (Å²) in [6.45, 7) is 9.36. The van der Waals surface area contributed by atoms with Crippen LogP contribution in [0.4, 0.5) is 0 Å². The van der Waals surface area contributed by atoms with Crippen molar-refractivity contribution in [1.82, 2.24) is 0 Å². The molecule has 0 aromatic rings. The van der Waals surface area contributed by atoms with Crippen molar-refractivity contribution >= 4 is 10.8 Å². The maximum atomic E-state index is 11.5. The van der Waals surface area contributed by atoms with Crippen molar-refractivity contribution in [1.29, 1.82) is 0 Å². The van der Waals surface area contributed by atoms with E-state index < -0.39 is 10.8 Å². The Morgan fingerprint density at radius 2 is 1.87 bits per heavy atom. The van der Waals surface area contributed by atoms with Gasteiger partial charge in [0.2, 0.25) is 0 Å². The van der Waals surface area contributed by atoms with Crippen LogP contribution in [0.1, 0.15) is 47.0 Å². The predicted octanol–water partition coefficient (Wildman–Crippen LogP) is 2.55. The van der Waals surface area contributed by atoms with E-state index >= 15 is 0 Å². The molecule has 2 nitrogen and oxygen atoms in total. The maximum Gasteiger partial charge on any atom is 0.0257 e.